The Labute approximate surface area is 334 Å². The number of rotatable bonds is 11. The molecule has 8 nitrogen and oxygen atoms in total. The number of Topliss-reactive ketones (excluding diaryl/α,β-unsaturated/α-hetero) is 1. The Balaban J connectivity index is 1.29. The van der Waals surface area contributed by atoms with Gasteiger partial charge in [0.1, 0.15) is 12.2 Å². The second kappa shape index (κ2) is 14.9. The van der Waals surface area contributed by atoms with Crippen LogP contribution in [0.1, 0.15) is 132 Å². The van der Waals surface area contributed by atoms with Crippen molar-refractivity contribution < 1.29 is 33.8 Å². The highest BCUT2D eigenvalue weighted by Gasteiger charge is 2.70. The van der Waals surface area contributed by atoms with Crippen LogP contribution in [0.2, 0.25) is 5.02 Å². The fraction of sp³-hybridized carbons (Fsp3) is 0.739. The number of hydrogen-bond donors (Lipinski definition) is 1. The molecule has 304 valence electrons. The van der Waals surface area contributed by atoms with E-state index in [9.17, 15) is 24.3 Å². The van der Waals surface area contributed by atoms with Gasteiger partial charge in [0, 0.05) is 36.9 Å². The molecule has 1 aromatic rings. The van der Waals surface area contributed by atoms with Crippen molar-refractivity contribution in [3.63, 3.8) is 0 Å². The molecule has 0 unspecified atom stereocenters. The van der Waals surface area contributed by atoms with Gasteiger partial charge in [0.05, 0.1) is 11.8 Å². The number of likely N-dealkylation sites (N-methyl/N-ethyl adjacent to an activating group) is 1. The van der Waals surface area contributed by atoms with Crippen LogP contribution in [0.15, 0.2) is 35.4 Å². The standard InChI is InChI=1S/C46H66ClNO7/c1-27(2)39-34(50)23-46(37(54-29(4)49)26-48(10)25-30-11-13-31(47)14-12-30)22-21-44(8)33(40(39)46)15-16-36-43(7)19-18-35(28(3)32(43)17-20-45(36,44)9)55-38(51)24-42(5,6)41(52)53/h11-14,27-28,32-33,35-37H,15-26H2,1-10H3,(H,52,53)/t28-,32+,33-,35+,36-,37-,43+,44-,45-,46+/m1/s1. The number of ketones is 1. The third kappa shape index (κ3) is 7.12. The first kappa shape index (κ1) is 41.9. The van der Waals surface area contributed by atoms with Crippen LogP contribution in [0.4, 0.5) is 0 Å². The average Bonchev–Trinajstić information content (AvgIpc) is 3.40. The van der Waals surface area contributed by atoms with Gasteiger partial charge in [-0.15, -0.1) is 0 Å². The number of halogens is 1. The van der Waals surface area contributed by atoms with E-state index in [2.05, 4.69) is 53.5 Å². The second-order valence-electron chi connectivity index (χ2n) is 20.1. The van der Waals surface area contributed by atoms with Crippen LogP contribution in [-0.2, 0) is 35.2 Å². The average molecular weight is 780 g/mol. The van der Waals surface area contributed by atoms with Crippen LogP contribution in [0.3, 0.4) is 0 Å². The Kier molecular flexibility index (Phi) is 11.4. The number of benzene rings is 1. The fourth-order valence-electron chi connectivity index (χ4n) is 13.3. The Morgan fingerprint density at radius 3 is 2.27 bits per heavy atom. The number of carbonyl (C=O) groups is 4. The predicted octanol–water partition coefficient (Wildman–Crippen LogP) is 9.71. The molecule has 4 saturated carbocycles. The third-order valence-corrected chi connectivity index (χ3v) is 16.5. The lowest BCUT2D eigenvalue weighted by molar-refractivity contribution is -0.219. The van der Waals surface area contributed by atoms with E-state index < -0.39 is 28.9 Å². The first-order chi connectivity index (χ1) is 25.6. The molecule has 5 aliphatic carbocycles. The molecular weight excluding hydrogens is 714 g/mol. The number of fused-ring (bicyclic) bond motifs is 7. The first-order valence-corrected chi connectivity index (χ1v) is 21.3. The van der Waals surface area contributed by atoms with Crippen LogP contribution in [0.5, 0.6) is 0 Å². The highest BCUT2D eigenvalue weighted by atomic mass is 35.5. The van der Waals surface area contributed by atoms with Crippen LogP contribution in [0.25, 0.3) is 0 Å². The largest absolute Gasteiger partial charge is 0.481 e. The quantitative estimate of drug-likeness (QED) is 0.221. The van der Waals surface area contributed by atoms with Crippen LogP contribution in [-0.4, -0.2) is 59.5 Å². The molecule has 0 aromatic heterocycles. The summed E-state index contributed by atoms with van der Waals surface area (Å²) >= 11 is 6.18. The lowest BCUT2D eigenvalue weighted by atomic mass is 9.33. The maximum absolute atomic E-state index is 14.3. The molecule has 4 fully saturated rings. The topological polar surface area (TPSA) is 110 Å². The number of hydrogen-bond acceptors (Lipinski definition) is 7. The summed E-state index contributed by atoms with van der Waals surface area (Å²) in [5.74, 6) is -0.136. The smallest absolute Gasteiger partial charge is 0.309 e. The summed E-state index contributed by atoms with van der Waals surface area (Å²) in [6.45, 7) is 20.0. The molecule has 5 aliphatic rings. The fourth-order valence-corrected chi connectivity index (χ4v) is 13.4. The van der Waals surface area contributed by atoms with Crippen molar-refractivity contribution >= 4 is 35.3 Å². The zero-order chi connectivity index (χ0) is 40.5. The maximum Gasteiger partial charge on any atom is 0.309 e. The zero-order valence-corrected chi connectivity index (χ0v) is 35.8. The van der Waals surface area contributed by atoms with Gasteiger partial charge in [-0.3, -0.25) is 24.1 Å². The van der Waals surface area contributed by atoms with Gasteiger partial charge in [-0.05, 0) is 147 Å². The van der Waals surface area contributed by atoms with E-state index in [0.29, 0.717) is 36.4 Å². The molecular formula is C46H66ClNO7. The maximum atomic E-state index is 14.3. The van der Waals surface area contributed by atoms with E-state index in [1.165, 1.54) is 12.5 Å². The van der Waals surface area contributed by atoms with Crippen molar-refractivity contribution in [2.45, 2.75) is 145 Å². The van der Waals surface area contributed by atoms with Crippen LogP contribution >= 0.6 is 11.6 Å². The normalized spacial score (nSPS) is 36.5. The number of nitrogens with zero attached hydrogens (tertiary/aromatic N) is 1. The Bertz CT molecular complexity index is 1720. The van der Waals surface area contributed by atoms with E-state index in [4.69, 9.17) is 21.1 Å². The molecule has 55 heavy (non-hydrogen) atoms. The SMILES string of the molecule is CC(=O)O[C@H](CN(C)Cc1ccc(Cl)cc1)[C@@]12CC[C@]3(C)[C@H](CC[C@@H]4[C@@]5(C)CC[C@H](OC(=O)CC(C)(C)C(=O)O)[C@H](C)[C@@H]5CC[C@]43C)C1=C(C(C)C)C(=O)C2. The van der Waals surface area contributed by atoms with Gasteiger partial charge >= 0.3 is 17.9 Å². The summed E-state index contributed by atoms with van der Waals surface area (Å²) in [5.41, 5.74) is 1.78. The first-order valence-electron chi connectivity index (χ1n) is 20.9. The van der Waals surface area contributed by atoms with E-state index in [0.717, 1.165) is 62.5 Å². The van der Waals surface area contributed by atoms with Crippen LogP contribution < -0.4 is 0 Å². The van der Waals surface area contributed by atoms with Crippen molar-refractivity contribution in [2.75, 3.05) is 13.6 Å². The Hall–Kier alpha value is -2.71. The van der Waals surface area contributed by atoms with Crippen molar-refractivity contribution in [1.82, 2.24) is 4.90 Å². The lowest BCUT2D eigenvalue weighted by Gasteiger charge is -2.71. The number of carbonyl (C=O) groups excluding carboxylic acids is 3. The minimum Gasteiger partial charge on any atom is -0.481 e. The summed E-state index contributed by atoms with van der Waals surface area (Å²) < 4.78 is 12.4. The predicted molar refractivity (Wildman–Crippen MR) is 214 cm³/mol. The monoisotopic (exact) mass is 779 g/mol. The van der Waals surface area contributed by atoms with Crippen LogP contribution in [0, 0.1) is 56.7 Å². The van der Waals surface area contributed by atoms with E-state index in [1.54, 1.807) is 13.8 Å². The van der Waals surface area contributed by atoms with Crippen molar-refractivity contribution in [2.24, 2.45) is 56.7 Å². The molecule has 10 atom stereocenters. The summed E-state index contributed by atoms with van der Waals surface area (Å²) in [6, 6.07) is 7.86. The molecule has 0 heterocycles. The molecule has 0 radical (unpaired) electrons. The van der Waals surface area contributed by atoms with E-state index in [1.807, 2.05) is 24.3 Å². The molecule has 0 bridgehead atoms. The minimum absolute atomic E-state index is 0.0328. The van der Waals surface area contributed by atoms with Gasteiger partial charge in [0.15, 0.2) is 5.78 Å². The zero-order valence-electron chi connectivity index (χ0n) is 35.1. The molecule has 0 aliphatic heterocycles. The van der Waals surface area contributed by atoms with Crippen molar-refractivity contribution in [3.05, 3.63) is 46.0 Å². The lowest BCUT2D eigenvalue weighted by Crippen LogP contribution is -2.65. The van der Waals surface area contributed by atoms with E-state index in [-0.39, 0.29) is 58.3 Å². The number of allylic oxidation sites excluding steroid dienone is 1. The van der Waals surface area contributed by atoms with Gasteiger partial charge in [0.2, 0.25) is 0 Å². The van der Waals surface area contributed by atoms with Crippen molar-refractivity contribution in [1.29, 1.82) is 0 Å². The van der Waals surface area contributed by atoms with Gasteiger partial charge in [-0.2, -0.15) is 0 Å². The van der Waals surface area contributed by atoms with Gasteiger partial charge < -0.3 is 14.6 Å². The van der Waals surface area contributed by atoms with E-state index >= 15 is 0 Å². The molecule has 9 heteroatoms. The minimum atomic E-state index is -1.16. The van der Waals surface area contributed by atoms with Crippen molar-refractivity contribution in [3.8, 4) is 0 Å². The number of carboxylic acid groups (broad SMARTS) is 1. The molecule has 0 amide bonds. The Morgan fingerprint density at radius 2 is 1.65 bits per heavy atom. The Morgan fingerprint density at radius 1 is 0.982 bits per heavy atom. The summed E-state index contributed by atoms with van der Waals surface area (Å²) in [4.78, 5) is 54.2. The number of carboxylic acids is 1. The number of ether oxygens (including phenoxy) is 2. The summed E-state index contributed by atoms with van der Waals surface area (Å²) in [5, 5.41) is 10.3. The van der Waals surface area contributed by atoms with Gasteiger partial charge in [-0.25, -0.2) is 0 Å². The van der Waals surface area contributed by atoms with Gasteiger partial charge in [0.25, 0.3) is 0 Å². The third-order valence-electron chi connectivity index (χ3n) is 16.2. The summed E-state index contributed by atoms with van der Waals surface area (Å²) in [7, 11) is 2.07. The highest BCUT2D eigenvalue weighted by molar-refractivity contribution is 6.30. The highest BCUT2D eigenvalue weighted by Crippen LogP contribution is 2.76. The molecule has 1 N–H and O–H groups in total. The number of esters is 2. The number of aliphatic carboxylic acids is 1. The van der Waals surface area contributed by atoms with Gasteiger partial charge in [-0.1, -0.05) is 65.3 Å². The molecule has 0 saturated heterocycles. The second-order valence-corrected chi connectivity index (χ2v) is 20.6. The summed E-state index contributed by atoms with van der Waals surface area (Å²) in [6.07, 6.45) is 7.35. The molecule has 1 aromatic carbocycles. The molecule has 6 rings (SSSR count). The molecule has 0 spiro atoms.